The van der Waals surface area contributed by atoms with Gasteiger partial charge in [-0.25, -0.2) is 9.97 Å². The quantitative estimate of drug-likeness (QED) is 0.314. The summed E-state index contributed by atoms with van der Waals surface area (Å²) < 4.78 is 30.4. The maximum atomic E-state index is 13.4. The van der Waals surface area contributed by atoms with Gasteiger partial charge < -0.3 is 9.80 Å². The Morgan fingerprint density at radius 1 is 0.973 bits per heavy atom. The first-order chi connectivity index (χ1) is 16.8. The fraction of sp³-hybridized carbons (Fsp3) is 0.208. The molecule has 5 rings (SSSR count). The fourth-order valence-electron chi connectivity index (χ4n) is 3.92. The summed E-state index contributed by atoms with van der Waals surface area (Å²) in [5.74, 6) is -0.214. The van der Waals surface area contributed by atoms with E-state index in [4.69, 9.17) is 4.98 Å². The summed E-state index contributed by atoms with van der Waals surface area (Å²) in [6, 6.07) is 17.5. The molecule has 2 aromatic heterocycles. The van der Waals surface area contributed by atoms with Gasteiger partial charge in [-0.1, -0.05) is 45.5 Å². The minimum absolute atomic E-state index is 0. The molecule has 2 aromatic carbocycles. The van der Waals surface area contributed by atoms with Crippen molar-refractivity contribution in [3.8, 4) is 0 Å². The number of benzene rings is 2. The average Bonchev–Trinajstić information content (AvgIpc) is 3.27. The number of pyridine rings is 1. The summed E-state index contributed by atoms with van der Waals surface area (Å²) in [6.45, 7) is 4.04. The summed E-state index contributed by atoms with van der Waals surface area (Å²) in [5, 5.41) is 0.847. The highest BCUT2D eigenvalue weighted by atomic mass is 79.9. The van der Waals surface area contributed by atoms with E-state index in [0.29, 0.717) is 37.4 Å². The average molecular weight is 645 g/mol. The van der Waals surface area contributed by atoms with Crippen molar-refractivity contribution in [1.29, 1.82) is 0 Å². The fourth-order valence-corrected chi connectivity index (χ4v) is 6.58. The van der Waals surface area contributed by atoms with Crippen molar-refractivity contribution in [2.75, 3.05) is 35.8 Å². The van der Waals surface area contributed by atoms with Gasteiger partial charge >= 0.3 is 0 Å². The molecular weight excluding hydrogens is 621 g/mol. The molecule has 3 heterocycles. The Labute approximate surface area is 240 Å². The van der Waals surface area contributed by atoms with E-state index in [1.54, 1.807) is 59.6 Å². The summed E-state index contributed by atoms with van der Waals surface area (Å²) >= 11 is 5.13. The number of sulfonamides is 1. The second kappa shape index (κ2) is 12.0. The number of nitrogens with one attached hydrogen (secondary N) is 1. The van der Waals surface area contributed by atoms with Crippen LogP contribution in [0.15, 0.2) is 70.2 Å². The van der Waals surface area contributed by atoms with Gasteiger partial charge in [0.05, 0.1) is 21.5 Å². The van der Waals surface area contributed by atoms with Crippen LogP contribution < -0.4 is 9.62 Å². The van der Waals surface area contributed by atoms with Crippen LogP contribution in [-0.2, 0) is 10.0 Å². The summed E-state index contributed by atoms with van der Waals surface area (Å²) in [5.41, 5.74) is 2.09. The number of para-hydroxylation sites is 1. The molecule has 1 N–H and O–H groups in total. The largest absolute Gasteiger partial charge is 0.345 e. The Morgan fingerprint density at radius 3 is 2.43 bits per heavy atom. The van der Waals surface area contributed by atoms with Gasteiger partial charge in [-0.05, 0) is 49.4 Å². The van der Waals surface area contributed by atoms with E-state index < -0.39 is 10.0 Å². The van der Waals surface area contributed by atoms with E-state index in [9.17, 15) is 13.2 Å². The molecule has 0 unspecified atom stereocenters. The highest BCUT2D eigenvalue weighted by Gasteiger charge is 2.27. The lowest BCUT2D eigenvalue weighted by Crippen LogP contribution is -2.48. The van der Waals surface area contributed by atoms with Gasteiger partial charge in [-0.15, -0.1) is 24.8 Å². The standard InChI is InChI=1S/C24H22BrN5O3S2.2ClH/c1-16-5-4-8-22(26-16)35(32,33)28-19-7-3-2-6-18(19)23(31)29-11-13-30(14-12-29)24-27-20-10-9-17(25)15-21(20)34-24;;/h2-10,15,28H,11-14H2,1H3;2*1H. The number of anilines is 2. The van der Waals surface area contributed by atoms with Gasteiger partial charge in [0.2, 0.25) is 0 Å². The van der Waals surface area contributed by atoms with Crippen molar-refractivity contribution in [3.05, 3.63) is 76.4 Å². The molecule has 1 saturated heterocycles. The van der Waals surface area contributed by atoms with E-state index in [1.165, 1.54) is 6.07 Å². The van der Waals surface area contributed by atoms with Crippen LogP contribution in [-0.4, -0.2) is 55.4 Å². The van der Waals surface area contributed by atoms with Gasteiger partial charge in [0, 0.05) is 36.3 Å². The monoisotopic (exact) mass is 643 g/mol. The van der Waals surface area contributed by atoms with Crippen molar-refractivity contribution < 1.29 is 13.2 Å². The highest BCUT2D eigenvalue weighted by molar-refractivity contribution is 9.10. The Bertz CT molecular complexity index is 1530. The Morgan fingerprint density at radius 2 is 1.70 bits per heavy atom. The minimum Gasteiger partial charge on any atom is -0.345 e. The molecule has 0 aliphatic carbocycles. The predicted molar refractivity (Wildman–Crippen MR) is 156 cm³/mol. The van der Waals surface area contributed by atoms with Crippen LogP contribution in [0.4, 0.5) is 10.8 Å². The van der Waals surface area contributed by atoms with Crippen LogP contribution >= 0.6 is 52.1 Å². The number of carbonyl (C=O) groups is 1. The maximum Gasteiger partial charge on any atom is 0.279 e. The highest BCUT2D eigenvalue weighted by Crippen LogP contribution is 2.31. The molecule has 0 radical (unpaired) electrons. The first kappa shape index (κ1) is 29.1. The van der Waals surface area contributed by atoms with Gasteiger partial charge in [-0.2, -0.15) is 8.42 Å². The van der Waals surface area contributed by atoms with Crippen LogP contribution in [0.25, 0.3) is 10.2 Å². The molecule has 1 aliphatic rings. The van der Waals surface area contributed by atoms with Gasteiger partial charge in [0.1, 0.15) is 0 Å². The Balaban J connectivity index is 0.00000190. The van der Waals surface area contributed by atoms with Crippen LogP contribution in [0.2, 0.25) is 0 Å². The number of piperazine rings is 1. The zero-order valence-corrected chi connectivity index (χ0v) is 24.5. The first-order valence-electron chi connectivity index (χ1n) is 11.0. The SMILES string of the molecule is Cc1cccc(S(=O)(=O)Nc2ccccc2C(=O)N2CCN(c3nc4ccc(Br)cc4s3)CC2)n1.Cl.Cl. The molecule has 4 aromatic rings. The lowest BCUT2D eigenvalue weighted by Gasteiger charge is -2.34. The summed E-state index contributed by atoms with van der Waals surface area (Å²) in [7, 11) is -3.93. The molecule has 0 spiro atoms. The third-order valence-corrected chi connectivity index (χ3v) is 8.56. The van der Waals surface area contributed by atoms with Crippen LogP contribution in [0.3, 0.4) is 0 Å². The van der Waals surface area contributed by atoms with Crippen LogP contribution in [0.5, 0.6) is 0 Å². The number of thiazole rings is 1. The van der Waals surface area contributed by atoms with Gasteiger partial charge in [0.25, 0.3) is 15.9 Å². The topological polar surface area (TPSA) is 95.5 Å². The van der Waals surface area contributed by atoms with Crippen molar-refractivity contribution in [2.24, 2.45) is 0 Å². The molecule has 1 fully saturated rings. The van der Waals surface area contributed by atoms with Crippen molar-refractivity contribution >= 4 is 89.0 Å². The molecule has 0 bridgehead atoms. The number of aromatic nitrogens is 2. The van der Waals surface area contributed by atoms with E-state index in [2.05, 4.69) is 36.6 Å². The Hall–Kier alpha value is -2.44. The number of fused-ring (bicyclic) bond motifs is 1. The van der Waals surface area contributed by atoms with E-state index in [1.807, 2.05) is 12.1 Å². The van der Waals surface area contributed by atoms with Crippen LogP contribution in [0.1, 0.15) is 16.1 Å². The number of carbonyl (C=O) groups excluding carboxylic acids is 1. The molecule has 8 nitrogen and oxygen atoms in total. The number of amides is 1. The maximum absolute atomic E-state index is 13.4. The van der Waals surface area contributed by atoms with E-state index in [-0.39, 0.29) is 41.4 Å². The molecule has 196 valence electrons. The molecular formula is C24H24BrCl2N5O3S2. The lowest BCUT2D eigenvalue weighted by atomic mass is 10.1. The van der Waals surface area contributed by atoms with Crippen molar-refractivity contribution in [1.82, 2.24) is 14.9 Å². The smallest absolute Gasteiger partial charge is 0.279 e. The van der Waals surface area contributed by atoms with Gasteiger partial charge in [-0.3, -0.25) is 9.52 Å². The second-order valence-electron chi connectivity index (χ2n) is 8.16. The molecule has 13 heteroatoms. The third-order valence-electron chi connectivity index (χ3n) is 5.72. The van der Waals surface area contributed by atoms with Crippen molar-refractivity contribution in [2.45, 2.75) is 11.9 Å². The number of nitrogens with zero attached hydrogens (tertiary/aromatic N) is 4. The molecule has 1 aliphatic heterocycles. The first-order valence-corrected chi connectivity index (χ1v) is 14.1. The number of aryl methyl sites for hydroxylation is 1. The molecule has 0 atom stereocenters. The normalized spacial score (nSPS) is 13.6. The Kier molecular flexibility index (Phi) is 9.41. The zero-order valence-electron chi connectivity index (χ0n) is 19.6. The lowest BCUT2D eigenvalue weighted by molar-refractivity contribution is 0.0748. The summed E-state index contributed by atoms with van der Waals surface area (Å²) in [6.07, 6.45) is 0. The zero-order chi connectivity index (χ0) is 24.6. The molecule has 1 amide bonds. The number of halogens is 3. The number of hydrogen-bond acceptors (Lipinski definition) is 7. The predicted octanol–water partition coefficient (Wildman–Crippen LogP) is 5.37. The third kappa shape index (κ3) is 6.35. The second-order valence-corrected chi connectivity index (χ2v) is 11.7. The molecule has 0 saturated carbocycles. The van der Waals surface area contributed by atoms with Crippen molar-refractivity contribution in [3.63, 3.8) is 0 Å². The van der Waals surface area contributed by atoms with E-state index in [0.717, 1.165) is 19.8 Å². The summed E-state index contributed by atoms with van der Waals surface area (Å²) in [4.78, 5) is 26.1. The number of hydrogen-bond donors (Lipinski definition) is 1. The minimum atomic E-state index is -3.93. The van der Waals surface area contributed by atoms with Crippen LogP contribution in [0, 0.1) is 6.92 Å². The van der Waals surface area contributed by atoms with Gasteiger partial charge in [0.15, 0.2) is 10.2 Å². The molecule has 37 heavy (non-hydrogen) atoms. The number of rotatable bonds is 5. The van der Waals surface area contributed by atoms with E-state index >= 15 is 0 Å².